The highest BCUT2D eigenvalue weighted by atomic mass is 35.5. The van der Waals surface area contributed by atoms with Crippen molar-refractivity contribution in [2.24, 2.45) is 5.92 Å². The largest absolute Gasteiger partial charge is 0.317 e. The van der Waals surface area contributed by atoms with Crippen molar-refractivity contribution in [1.82, 2.24) is 10.3 Å². The van der Waals surface area contributed by atoms with E-state index in [0.29, 0.717) is 23.0 Å². The molecule has 2 aromatic carbocycles. The molecule has 0 aliphatic carbocycles. The van der Waals surface area contributed by atoms with E-state index in [9.17, 15) is 4.79 Å². The molecule has 0 bridgehead atoms. The number of nitrogens with one attached hydrogen (secondary N) is 1. The van der Waals surface area contributed by atoms with Gasteiger partial charge in [-0.05, 0) is 72.8 Å². The smallest absolute Gasteiger partial charge is 0.260 e. The van der Waals surface area contributed by atoms with Crippen LogP contribution in [0.25, 0.3) is 17.2 Å². The van der Waals surface area contributed by atoms with Crippen LogP contribution in [0.1, 0.15) is 34.3 Å². The molecule has 0 saturated carbocycles. The van der Waals surface area contributed by atoms with Gasteiger partial charge in [-0.25, -0.2) is 0 Å². The van der Waals surface area contributed by atoms with Crippen LogP contribution in [0.4, 0.5) is 5.69 Å². The average Bonchev–Trinajstić information content (AvgIpc) is 3.16. The van der Waals surface area contributed by atoms with Gasteiger partial charge in [0, 0.05) is 23.6 Å². The van der Waals surface area contributed by atoms with E-state index in [-0.39, 0.29) is 5.91 Å². The third-order valence-corrected chi connectivity index (χ3v) is 6.40. The number of rotatable bonds is 4. The molecule has 2 aliphatic rings. The fraction of sp³-hybridized carbons (Fsp3) is 0.231. The number of amides is 1. The monoisotopic (exact) mass is 429 g/mol. The minimum Gasteiger partial charge on any atom is -0.317 e. The molecule has 2 aliphatic heterocycles. The molecule has 1 N–H and O–H groups in total. The Morgan fingerprint density at radius 3 is 2.71 bits per heavy atom. The molecule has 31 heavy (non-hydrogen) atoms. The first-order valence-electron chi connectivity index (χ1n) is 10.7. The van der Waals surface area contributed by atoms with Crippen LogP contribution >= 0.6 is 11.6 Å². The summed E-state index contributed by atoms with van der Waals surface area (Å²) in [5.41, 5.74) is 5.62. The molecule has 5 heteroatoms. The summed E-state index contributed by atoms with van der Waals surface area (Å²) in [7, 11) is 0. The van der Waals surface area contributed by atoms with Crippen molar-refractivity contribution in [2.45, 2.75) is 19.4 Å². The van der Waals surface area contributed by atoms with Crippen LogP contribution < -0.4 is 10.2 Å². The maximum absolute atomic E-state index is 13.0. The highest BCUT2D eigenvalue weighted by Crippen LogP contribution is 2.34. The molecule has 0 radical (unpaired) electrons. The Kier molecular flexibility index (Phi) is 5.58. The van der Waals surface area contributed by atoms with Crippen LogP contribution in [0.3, 0.4) is 0 Å². The zero-order valence-electron chi connectivity index (χ0n) is 17.2. The predicted molar refractivity (Wildman–Crippen MR) is 126 cm³/mol. The third-order valence-electron chi connectivity index (χ3n) is 6.08. The van der Waals surface area contributed by atoms with Crippen molar-refractivity contribution >= 4 is 29.3 Å². The number of halogens is 1. The molecule has 3 aromatic rings. The Hall–Kier alpha value is -2.95. The lowest BCUT2D eigenvalue weighted by Crippen LogP contribution is -2.26. The van der Waals surface area contributed by atoms with Gasteiger partial charge < -0.3 is 10.2 Å². The number of fused-ring (bicyclic) bond motifs is 1. The zero-order valence-corrected chi connectivity index (χ0v) is 18.0. The quantitative estimate of drug-likeness (QED) is 0.589. The molecule has 1 saturated heterocycles. The summed E-state index contributed by atoms with van der Waals surface area (Å²) in [6.45, 7) is 2.71. The highest BCUT2D eigenvalue weighted by molar-refractivity contribution is 6.35. The summed E-state index contributed by atoms with van der Waals surface area (Å²) >= 11 is 6.28. The molecule has 0 atom stereocenters. The first-order chi connectivity index (χ1) is 15.2. The lowest BCUT2D eigenvalue weighted by Gasteiger charge is -2.19. The van der Waals surface area contributed by atoms with Gasteiger partial charge in [-0.1, -0.05) is 48.0 Å². The van der Waals surface area contributed by atoms with Gasteiger partial charge in [-0.15, -0.1) is 0 Å². The number of benzene rings is 2. The van der Waals surface area contributed by atoms with Crippen LogP contribution in [0.15, 0.2) is 67.0 Å². The van der Waals surface area contributed by atoms with E-state index in [1.165, 1.54) is 12.8 Å². The molecule has 1 aromatic heterocycles. The second kappa shape index (κ2) is 8.66. The molecular formula is C26H24ClN3O. The van der Waals surface area contributed by atoms with Gasteiger partial charge in [0.25, 0.3) is 5.91 Å². The van der Waals surface area contributed by atoms with Gasteiger partial charge in [0.1, 0.15) is 0 Å². The number of piperidine rings is 1. The number of allylic oxidation sites excluding steroid dienone is 1. The van der Waals surface area contributed by atoms with Crippen molar-refractivity contribution in [3.05, 3.63) is 88.7 Å². The Balaban J connectivity index is 1.39. The normalized spacial score (nSPS) is 16.8. The highest BCUT2D eigenvalue weighted by Gasteiger charge is 2.30. The summed E-state index contributed by atoms with van der Waals surface area (Å²) in [5.74, 6) is 0.581. The number of aromatic nitrogens is 1. The van der Waals surface area contributed by atoms with Gasteiger partial charge in [-0.2, -0.15) is 0 Å². The Morgan fingerprint density at radius 1 is 1.03 bits per heavy atom. The van der Waals surface area contributed by atoms with E-state index < -0.39 is 0 Å². The van der Waals surface area contributed by atoms with Crippen LogP contribution in [0.5, 0.6) is 0 Å². The van der Waals surface area contributed by atoms with Crippen molar-refractivity contribution in [3.63, 3.8) is 0 Å². The molecule has 4 nitrogen and oxygen atoms in total. The number of pyridine rings is 1. The Bertz CT molecular complexity index is 1150. The molecular weight excluding hydrogens is 406 g/mol. The van der Waals surface area contributed by atoms with E-state index in [1.54, 1.807) is 11.0 Å². The van der Waals surface area contributed by atoms with E-state index >= 15 is 0 Å². The predicted octanol–water partition coefficient (Wildman–Crippen LogP) is 5.58. The summed E-state index contributed by atoms with van der Waals surface area (Å²) < 4.78 is 0. The lowest BCUT2D eigenvalue weighted by atomic mass is 9.97. The molecule has 1 fully saturated rings. The van der Waals surface area contributed by atoms with E-state index in [1.807, 2.05) is 36.7 Å². The minimum absolute atomic E-state index is 0.0467. The zero-order chi connectivity index (χ0) is 21.2. The van der Waals surface area contributed by atoms with Gasteiger partial charge in [0.15, 0.2) is 0 Å². The number of carbonyl (C=O) groups is 1. The lowest BCUT2D eigenvalue weighted by molar-refractivity contribution is 0.0997. The van der Waals surface area contributed by atoms with E-state index in [4.69, 9.17) is 11.6 Å². The van der Waals surface area contributed by atoms with Crippen molar-refractivity contribution in [2.75, 3.05) is 18.0 Å². The van der Waals surface area contributed by atoms with Crippen molar-refractivity contribution in [1.29, 1.82) is 0 Å². The molecule has 0 unspecified atom stereocenters. The maximum Gasteiger partial charge on any atom is 0.260 e. The van der Waals surface area contributed by atoms with Gasteiger partial charge in [0.2, 0.25) is 0 Å². The van der Waals surface area contributed by atoms with Crippen molar-refractivity contribution < 1.29 is 4.79 Å². The van der Waals surface area contributed by atoms with Crippen LogP contribution in [-0.2, 0) is 6.54 Å². The fourth-order valence-electron chi connectivity index (χ4n) is 4.37. The molecule has 3 heterocycles. The summed E-state index contributed by atoms with van der Waals surface area (Å²) in [5, 5.41) is 3.91. The maximum atomic E-state index is 13.0. The SMILES string of the molecule is O=C1c2c(Cl)cccc2CN1c1cccc(-c2cncc(C=CC3CCNCC3)c2)c1. The fourth-order valence-corrected chi connectivity index (χ4v) is 4.64. The summed E-state index contributed by atoms with van der Waals surface area (Å²) in [6.07, 6.45) is 10.6. The number of nitrogens with zero attached hydrogens (tertiary/aromatic N) is 2. The van der Waals surface area contributed by atoms with Crippen LogP contribution in [0.2, 0.25) is 5.02 Å². The first-order valence-corrected chi connectivity index (χ1v) is 11.1. The van der Waals surface area contributed by atoms with E-state index in [2.05, 4.69) is 40.7 Å². The Morgan fingerprint density at radius 2 is 1.87 bits per heavy atom. The van der Waals surface area contributed by atoms with E-state index in [0.717, 1.165) is 41.0 Å². The van der Waals surface area contributed by atoms with Gasteiger partial charge in [-0.3, -0.25) is 9.78 Å². The molecule has 5 rings (SSSR count). The molecule has 0 spiro atoms. The summed E-state index contributed by atoms with van der Waals surface area (Å²) in [6, 6.07) is 15.8. The second-order valence-corrected chi connectivity index (χ2v) is 8.58. The standard InChI is InChI=1S/C26H24ClN3O/c27-24-6-2-4-21-17-30(26(31)25(21)24)23-5-1-3-20(14-23)22-13-19(15-29-16-22)8-7-18-9-11-28-12-10-18/h1-8,13-16,18,28H,9-12,17H2. The molecule has 156 valence electrons. The van der Waals surface area contributed by atoms with Crippen LogP contribution in [-0.4, -0.2) is 24.0 Å². The van der Waals surface area contributed by atoms with Crippen molar-refractivity contribution in [3.8, 4) is 11.1 Å². The second-order valence-electron chi connectivity index (χ2n) is 8.17. The topological polar surface area (TPSA) is 45.2 Å². The first kappa shape index (κ1) is 20.0. The number of anilines is 1. The third kappa shape index (κ3) is 4.14. The molecule has 1 amide bonds. The van der Waals surface area contributed by atoms with Crippen LogP contribution in [0, 0.1) is 5.92 Å². The number of hydrogen-bond donors (Lipinski definition) is 1. The van der Waals surface area contributed by atoms with Gasteiger partial charge >= 0.3 is 0 Å². The minimum atomic E-state index is -0.0467. The summed E-state index contributed by atoms with van der Waals surface area (Å²) in [4.78, 5) is 19.2. The average molecular weight is 430 g/mol. The van der Waals surface area contributed by atoms with Gasteiger partial charge in [0.05, 0.1) is 17.1 Å². The number of carbonyl (C=O) groups excluding carboxylic acids is 1. The number of hydrogen-bond acceptors (Lipinski definition) is 3. The Labute approximate surface area is 187 Å².